The van der Waals surface area contributed by atoms with E-state index in [-0.39, 0.29) is 37.7 Å². The molecule has 0 aromatic carbocycles. The van der Waals surface area contributed by atoms with Crippen molar-refractivity contribution in [3.8, 4) is 0 Å². The van der Waals surface area contributed by atoms with Gasteiger partial charge in [0, 0.05) is 0 Å². The summed E-state index contributed by atoms with van der Waals surface area (Å²) in [5.41, 5.74) is 0. The van der Waals surface area contributed by atoms with Crippen molar-refractivity contribution in [2.75, 3.05) is 0 Å². The summed E-state index contributed by atoms with van der Waals surface area (Å²) in [6, 6.07) is 0. The molecule has 0 heterocycles. The van der Waals surface area contributed by atoms with E-state index in [0.717, 1.165) is 37.8 Å². The third-order valence-corrected chi connectivity index (χ3v) is 7.46. The van der Waals surface area contributed by atoms with Crippen LogP contribution in [0, 0.1) is 0 Å². The fourth-order valence-electron chi connectivity index (χ4n) is 4.92. The number of carboxylic acids is 2. The SMILES string of the molecule is CCCCCCCCCCCCCCC/C=C\C(=O)[O-].CCCCCCCCCCCCCCC/C=C\C(=O)[O-].[Ca+2]. The monoisotopic (exact) mass is 602 g/mol. The first-order valence-corrected chi connectivity index (χ1v) is 17.3. The smallest absolute Gasteiger partial charge is 0.545 e. The summed E-state index contributed by atoms with van der Waals surface area (Å²) in [7, 11) is 0. The average Bonchev–Trinajstić information content (AvgIpc) is 2.93. The number of carbonyl (C=O) groups excluding carboxylic acids is 2. The molecule has 0 aromatic rings. The fourth-order valence-corrected chi connectivity index (χ4v) is 4.92. The molecule has 0 aromatic heterocycles. The number of rotatable bonds is 30. The molecule has 236 valence electrons. The minimum atomic E-state index is -1.08. The van der Waals surface area contributed by atoms with E-state index in [4.69, 9.17) is 0 Å². The van der Waals surface area contributed by atoms with Gasteiger partial charge < -0.3 is 19.8 Å². The molecule has 0 N–H and O–H groups in total. The molecule has 0 rings (SSSR count). The van der Waals surface area contributed by atoms with E-state index in [1.807, 2.05) is 0 Å². The van der Waals surface area contributed by atoms with Crippen molar-refractivity contribution in [3.05, 3.63) is 24.3 Å². The van der Waals surface area contributed by atoms with Crippen molar-refractivity contribution in [3.63, 3.8) is 0 Å². The Balaban J connectivity index is -0.000000688. The first-order valence-electron chi connectivity index (χ1n) is 17.3. The number of unbranched alkanes of at least 4 members (excludes halogenated alkanes) is 26. The Bertz CT molecular complexity index is 524. The van der Waals surface area contributed by atoms with E-state index in [2.05, 4.69) is 13.8 Å². The Labute approximate surface area is 285 Å². The zero-order valence-corrected chi connectivity index (χ0v) is 29.7. The summed E-state index contributed by atoms with van der Waals surface area (Å²) in [6.07, 6.45) is 42.4. The summed E-state index contributed by atoms with van der Waals surface area (Å²) >= 11 is 0. The Morgan fingerprint density at radius 1 is 0.390 bits per heavy atom. The van der Waals surface area contributed by atoms with E-state index in [0.29, 0.717) is 0 Å². The molecule has 0 fully saturated rings. The van der Waals surface area contributed by atoms with Crippen LogP contribution < -0.4 is 10.2 Å². The van der Waals surface area contributed by atoms with Crippen LogP contribution in [0.2, 0.25) is 0 Å². The second-order valence-corrected chi connectivity index (χ2v) is 11.5. The number of hydrogen-bond acceptors (Lipinski definition) is 4. The van der Waals surface area contributed by atoms with Crippen molar-refractivity contribution in [2.24, 2.45) is 0 Å². The number of aliphatic carboxylic acids is 2. The minimum absolute atomic E-state index is 0. The van der Waals surface area contributed by atoms with Gasteiger partial charge in [0.15, 0.2) is 0 Å². The maximum absolute atomic E-state index is 10.1. The van der Waals surface area contributed by atoms with Gasteiger partial charge in [0.1, 0.15) is 0 Å². The molecule has 0 saturated carbocycles. The van der Waals surface area contributed by atoms with Gasteiger partial charge >= 0.3 is 37.7 Å². The second kappa shape index (κ2) is 41.8. The van der Waals surface area contributed by atoms with Crippen molar-refractivity contribution >= 4 is 49.7 Å². The quantitative estimate of drug-likeness (QED) is 0.0466. The maximum atomic E-state index is 10.1. The summed E-state index contributed by atoms with van der Waals surface area (Å²) in [5.74, 6) is -2.17. The standard InChI is InChI=1S/2C18H34O2.Ca/c2*1-2-3-4-5-6-7-8-9-10-11-12-13-14-15-16-17-18(19)20;/h2*16-17H,2-15H2,1H3,(H,19,20);/q;;+2/p-2/b2*17-16-;. The third-order valence-electron chi connectivity index (χ3n) is 7.46. The molecule has 0 aliphatic rings. The van der Waals surface area contributed by atoms with Gasteiger partial charge in [0.25, 0.3) is 0 Å². The summed E-state index contributed by atoms with van der Waals surface area (Å²) in [5, 5.41) is 20.3. The molecular weight excluding hydrogens is 536 g/mol. The largest absolute Gasteiger partial charge is 2.00 e. The molecule has 0 aliphatic carbocycles. The Morgan fingerprint density at radius 2 is 0.585 bits per heavy atom. The summed E-state index contributed by atoms with van der Waals surface area (Å²) in [6.45, 7) is 4.53. The number of carbonyl (C=O) groups is 2. The van der Waals surface area contributed by atoms with Crippen molar-refractivity contribution in [1.29, 1.82) is 0 Å². The fraction of sp³-hybridized carbons (Fsp3) is 0.833. The van der Waals surface area contributed by atoms with Crippen LogP contribution in [0.4, 0.5) is 0 Å². The summed E-state index contributed by atoms with van der Waals surface area (Å²) in [4.78, 5) is 20.3. The van der Waals surface area contributed by atoms with Gasteiger partial charge in [-0.05, 0) is 37.8 Å². The molecule has 5 heteroatoms. The zero-order chi connectivity index (χ0) is 29.8. The van der Waals surface area contributed by atoms with Crippen LogP contribution in [-0.4, -0.2) is 49.7 Å². The van der Waals surface area contributed by atoms with Gasteiger partial charge in [0.05, 0.1) is 11.9 Å². The van der Waals surface area contributed by atoms with Crippen LogP contribution in [-0.2, 0) is 9.59 Å². The molecule has 0 amide bonds. The van der Waals surface area contributed by atoms with Crippen LogP contribution in [0.1, 0.15) is 194 Å². The summed E-state index contributed by atoms with van der Waals surface area (Å²) < 4.78 is 0. The van der Waals surface area contributed by atoms with Crippen LogP contribution in [0.25, 0.3) is 0 Å². The Morgan fingerprint density at radius 3 is 0.780 bits per heavy atom. The van der Waals surface area contributed by atoms with Crippen LogP contribution in [0.5, 0.6) is 0 Å². The normalized spacial score (nSPS) is 11.0. The van der Waals surface area contributed by atoms with Gasteiger partial charge in [0.2, 0.25) is 0 Å². The van der Waals surface area contributed by atoms with Gasteiger partial charge in [-0.15, -0.1) is 0 Å². The molecule has 0 spiro atoms. The maximum Gasteiger partial charge on any atom is 2.00 e. The molecule has 0 aliphatic heterocycles. The van der Waals surface area contributed by atoms with Gasteiger partial charge in [-0.25, -0.2) is 0 Å². The van der Waals surface area contributed by atoms with E-state index in [1.165, 1.54) is 154 Å². The first kappa shape index (κ1) is 45.1. The third kappa shape index (κ3) is 49.7. The minimum Gasteiger partial charge on any atom is -0.545 e. The van der Waals surface area contributed by atoms with E-state index < -0.39 is 11.9 Å². The van der Waals surface area contributed by atoms with Crippen molar-refractivity contribution in [2.45, 2.75) is 194 Å². The van der Waals surface area contributed by atoms with Crippen molar-refractivity contribution in [1.82, 2.24) is 0 Å². The molecule has 0 unspecified atom stereocenters. The van der Waals surface area contributed by atoms with E-state index >= 15 is 0 Å². The van der Waals surface area contributed by atoms with Gasteiger partial charge in [-0.1, -0.05) is 180 Å². The number of carboxylic acid groups (broad SMARTS) is 2. The molecule has 0 atom stereocenters. The zero-order valence-electron chi connectivity index (χ0n) is 27.4. The van der Waals surface area contributed by atoms with Crippen LogP contribution in [0.15, 0.2) is 24.3 Å². The molecule has 0 saturated heterocycles. The van der Waals surface area contributed by atoms with Gasteiger partial charge in [-0.2, -0.15) is 0 Å². The van der Waals surface area contributed by atoms with E-state index in [1.54, 1.807) is 12.2 Å². The molecule has 0 bridgehead atoms. The molecular formula is C36H66CaO4. The number of hydrogen-bond donors (Lipinski definition) is 0. The van der Waals surface area contributed by atoms with Crippen molar-refractivity contribution < 1.29 is 19.8 Å². The van der Waals surface area contributed by atoms with Crippen LogP contribution >= 0.6 is 0 Å². The number of allylic oxidation sites excluding steroid dienone is 2. The predicted molar refractivity (Wildman–Crippen MR) is 175 cm³/mol. The first-order chi connectivity index (χ1) is 19.5. The Hall–Kier alpha value is -0.320. The Kier molecular flexibility index (Phi) is 46.0. The molecule has 4 nitrogen and oxygen atoms in total. The van der Waals surface area contributed by atoms with Gasteiger partial charge in [-0.3, -0.25) is 0 Å². The molecule has 41 heavy (non-hydrogen) atoms. The average molecular weight is 603 g/mol. The van der Waals surface area contributed by atoms with Crippen LogP contribution in [0.3, 0.4) is 0 Å². The molecule has 0 radical (unpaired) electrons. The second-order valence-electron chi connectivity index (χ2n) is 11.5. The van der Waals surface area contributed by atoms with E-state index in [9.17, 15) is 19.8 Å². The predicted octanol–water partition coefficient (Wildman–Crippen LogP) is 9.17. The topological polar surface area (TPSA) is 80.3 Å².